The van der Waals surface area contributed by atoms with Gasteiger partial charge in [0.1, 0.15) is 0 Å². The zero-order valence-electron chi connectivity index (χ0n) is 11.9. The number of thioether (sulfide) groups is 1. The average molecular weight is 303 g/mol. The monoisotopic (exact) mass is 303 g/mol. The highest BCUT2D eigenvalue weighted by atomic mass is 32.2. The first kappa shape index (κ1) is 14.2. The highest BCUT2D eigenvalue weighted by molar-refractivity contribution is 7.99. The fraction of sp³-hybridized carbons (Fsp3) is 0.412. The van der Waals surface area contributed by atoms with Crippen LogP contribution in [0.1, 0.15) is 35.4 Å². The summed E-state index contributed by atoms with van der Waals surface area (Å²) in [5.41, 5.74) is 3.15. The highest BCUT2D eigenvalue weighted by Gasteiger charge is 2.11. The first-order valence-corrected chi connectivity index (χ1v) is 9.21. The second kappa shape index (κ2) is 6.79. The van der Waals surface area contributed by atoms with Gasteiger partial charge in [-0.05, 0) is 60.9 Å². The third kappa shape index (κ3) is 3.46. The molecule has 0 saturated heterocycles. The summed E-state index contributed by atoms with van der Waals surface area (Å²) < 4.78 is 0. The lowest BCUT2D eigenvalue weighted by molar-refractivity contribution is 0.610. The molecule has 0 bridgehead atoms. The normalized spacial score (nSPS) is 15.2. The smallest absolute Gasteiger partial charge is 0.0386 e. The van der Waals surface area contributed by atoms with E-state index in [0.717, 1.165) is 12.3 Å². The maximum absolute atomic E-state index is 3.60. The number of thiophene rings is 1. The molecule has 1 aliphatic carbocycles. The van der Waals surface area contributed by atoms with Gasteiger partial charge in [0.2, 0.25) is 0 Å². The topological polar surface area (TPSA) is 12.0 Å². The number of benzene rings is 1. The number of aryl methyl sites for hydroxylation is 2. The molecule has 1 heterocycles. The van der Waals surface area contributed by atoms with Crippen molar-refractivity contribution >= 4 is 23.1 Å². The number of nitrogens with one attached hydrogen (secondary N) is 1. The van der Waals surface area contributed by atoms with E-state index in [1.54, 1.807) is 11.1 Å². The van der Waals surface area contributed by atoms with E-state index in [9.17, 15) is 0 Å². The van der Waals surface area contributed by atoms with E-state index < -0.39 is 0 Å². The molecule has 0 saturated carbocycles. The maximum atomic E-state index is 3.60. The van der Waals surface area contributed by atoms with Crippen LogP contribution < -0.4 is 5.32 Å². The predicted octanol–water partition coefficient (Wildman–Crippen LogP) is 4.68. The summed E-state index contributed by atoms with van der Waals surface area (Å²) in [7, 11) is 0. The molecule has 0 amide bonds. The standard InChI is InChI=1S/C17H21NS2/c1-13(17-6-3-10-20-17)18-9-11-19-16-8-7-14-4-2-5-15(14)12-16/h3,6-8,10,12-13,18H,2,4-5,9,11H2,1H3. The molecule has 1 aliphatic rings. The van der Waals surface area contributed by atoms with Gasteiger partial charge in [-0.25, -0.2) is 0 Å². The summed E-state index contributed by atoms with van der Waals surface area (Å²) in [6, 6.07) is 11.8. The van der Waals surface area contributed by atoms with Crippen molar-refractivity contribution in [3.05, 3.63) is 51.7 Å². The van der Waals surface area contributed by atoms with Crippen molar-refractivity contribution in [1.82, 2.24) is 5.32 Å². The minimum Gasteiger partial charge on any atom is -0.309 e. The average Bonchev–Trinajstić information content (AvgIpc) is 3.13. The summed E-state index contributed by atoms with van der Waals surface area (Å²) in [5.74, 6) is 1.13. The van der Waals surface area contributed by atoms with Crippen LogP contribution in [0.5, 0.6) is 0 Å². The molecule has 0 spiro atoms. The van der Waals surface area contributed by atoms with Gasteiger partial charge in [-0.2, -0.15) is 0 Å². The molecule has 20 heavy (non-hydrogen) atoms. The lowest BCUT2D eigenvalue weighted by Crippen LogP contribution is -2.20. The van der Waals surface area contributed by atoms with Crippen molar-refractivity contribution in [1.29, 1.82) is 0 Å². The van der Waals surface area contributed by atoms with Crippen LogP contribution in [-0.2, 0) is 12.8 Å². The molecule has 3 rings (SSSR count). The van der Waals surface area contributed by atoms with Crippen molar-refractivity contribution in [3.63, 3.8) is 0 Å². The van der Waals surface area contributed by atoms with E-state index in [0.29, 0.717) is 6.04 Å². The second-order valence-corrected chi connectivity index (χ2v) is 7.47. The molecule has 1 unspecified atom stereocenters. The van der Waals surface area contributed by atoms with Crippen LogP contribution >= 0.6 is 23.1 Å². The minimum absolute atomic E-state index is 0.468. The minimum atomic E-state index is 0.468. The zero-order valence-corrected chi connectivity index (χ0v) is 13.5. The Morgan fingerprint density at radius 1 is 1.25 bits per heavy atom. The van der Waals surface area contributed by atoms with Gasteiger partial charge in [-0.1, -0.05) is 12.1 Å². The first-order chi connectivity index (χ1) is 9.83. The Morgan fingerprint density at radius 3 is 3.00 bits per heavy atom. The van der Waals surface area contributed by atoms with E-state index in [2.05, 4.69) is 48.0 Å². The molecular formula is C17H21NS2. The molecule has 1 nitrogen and oxygen atoms in total. The van der Waals surface area contributed by atoms with E-state index in [4.69, 9.17) is 0 Å². The molecule has 106 valence electrons. The molecule has 2 aromatic rings. The van der Waals surface area contributed by atoms with E-state index >= 15 is 0 Å². The molecular weight excluding hydrogens is 282 g/mol. The number of hydrogen-bond donors (Lipinski definition) is 1. The number of fused-ring (bicyclic) bond motifs is 1. The van der Waals surface area contributed by atoms with Crippen LogP contribution in [0.25, 0.3) is 0 Å². The molecule has 1 aromatic carbocycles. The Morgan fingerprint density at radius 2 is 2.15 bits per heavy atom. The first-order valence-electron chi connectivity index (χ1n) is 7.34. The summed E-state index contributed by atoms with van der Waals surface area (Å²) in [6.45, 7) is 3.30. The van der Waals surface area contributed by atoms with Crippen molar-refractivity contribution in [2.24, 2.45) is 0 Å². The number of hydrogen-bond acceptors (Lipinski definition) is 3. The lowest BCUT2D eigenvalue weighted by atomic mass is 10.1. The predicted molar refractivity (Wildman–Crippen MR) is 89.9 cm³/mol. The third-order valence-electron chi connectivity index (χ3n) is 3.86. The summed E-state index contributed by atoms with van der Waals surface area (Å²) in [4.78, 5) is 2.85. The third-order valence-corrected chi connectivity index (χ3v) is 5.91. The fourth-order valence-electron chi connectivity index (χ4n) is 2.72. The summed E-state index contributed by atoms with van der Waals surface area (Å²) in [6.07, 6.45) is 3.89. The molecule has 1 aromatic heterocycles. The van der Waals surface area contributed by atoms with Gasteiger partial charge in [-0.3, -0.25) is 0 Å². The van der Waals surface area contributed by atoms with Gasteiger partial charge in [-0.15, -0.1) is 23.1 Å². The van der Waals surface area contributed by atoms with E-state index in [-0.39, 0.29) is 0 Å². The summed E-state index contributed by atoms with van der Waals surface area (Å²) in [5, 5.41) is 5.74. The van der Waals surface area contributed by atoms with Gasteiger partial charge in [0.15, 0.2) is 0 Å². The van der Waals surface area contributed by atoms with Crippen molar-refractivity contribution in [2.45, 2.75) is 37.1 Å². The van der Waals surface area contributed by atoms with Crippen LogP contribution in [-0.4, -0.2) is 12.3 Å². The maximum Gasteiger partial charge on any atom is 0.0386 e. The molecule has 0 fully saturated rings. The zero-order chi connectivity index (χ0) is 13.8. The van der Waals surface area contributed by atoms with Gasteiger partial charge in [0.05, 0.1) is 0 Å². The van der Waals surface area contributed by atoms with Crippen molar-refractivity contribution in [2.75, 3.05) is 12.3 Å². The van der Waals surface area contributed by atoms with E-state index in [1.165, 1.54) is 29.0 Å². The highest BCUT2D eigenvalue weighted by Crippen LogP contribution is 2.27. The van der Waals surface area contributed by atoms with Crippen molar-refractivity contribution in [3.8, 4) is 0 Å². The van der Waals surface area contributed by atoms with Gasteiger partial charge in [0.25, 0.3) is 0 Å². The molecule has 1 N–H and O–H groups in total. The van der Waals surface area contributed by atoms with Gasteiger partial charge < -0.3 is 5.32 Å². The Balaban J connectivity index is 1.44. The Labute approximate surface area is 129 Å². The van der Waals surface area contributed by atoms with E-state index in [1.807, 2.05) is 23.1 Å². The van der Waals surface area contributed by atoms with Crippen LogP contribution in [0.3, 0.4) is 0 Å². The molecule has 0 aliphatic heterocycles. The van der Waals surface area contributed by atoms with Crippen LogP contribution in [0, 0.1) is 0 Å². The Bertz CT molecular complexity index is 548. The van der Waals surface area contributed by atoms with Crippen molar-refractivity contribution < 1.29 is 0 Å². The molecule has 0 radical (unpaired) electrons. The molecule has 3 heteroatoms. The van der Waals surface area contributed by atoms with Crippen LogP contribution in [0.15, 0.2) is 40.6 Å². The molecule has 1 atom stereocenters. The Kier molecular flexibility index (Phi) is 4.81. The SMILES string of the molecule is CC(NCCSc1ccc2c(c1)CCC2)c1cccs1. The summed E-state index contributed by atoms with van der Waals surface area (Å²) >= 11 is 3.80. The Hall–Kier alpha value is -0.770. The van der Waals surface area contributed by atoms with Crippen LogP contribution in [0.4, 0.5) is 0 Å². The van der Waals surface area contributed by atoms with Crippen LogP contribution in [0.2, 0.25) is 0 Å². The second-order valence-electron chi connectivity index (χ2n) is 5.32. The lowest BCUT2D eigenvalue weighted by Gasteiger charge is -2.12. The van der Waals surface area contributed by atoms with Gasteiger partial charge in [0, 0.05) is 28.1 Å². The fourth-order valence-corrected chi connectivity index (χ4v) is 4.32. The quantitative estimate of drug-likeness (QED) is 0.614. The number of rotatable bonds is 6. The van der Waals surface area contributed by atoms with Gasteiger partial charge >= 0.3 is 0 Å². The largest absolute Gasteiger partial charge is 0.309 e.